The summed E-state index contributed by atoms with van der Waals surface area (Å²) < 4.78 is 5.42. The fraction of sp³-hybridized carbons (Fsp3) is 0.600. The van der Waals surface area contributed by atoms with E-state index >= 15 is 0 Å². The number of hydrogen-bond donors (Lipinski definition) is 2. The summed E-state index contributed by atoms with van der Waals surface area (Å²) >= 11 is 13.1. The van der Waals surface area contributed by atoms with E-state index in [0.29, 0.717) is 60.2 Å². The van der Waals surface area contributed by atoms with Gasteiger partial charge in [-0.15, -0.1) is 11.6 Å². The second-order valence-electron chi connectivity index (χ2n) is 15.8. The molecule has 1 aromatic carbocycles. The molecule has 2 aromatic rings. The molecule has 4 amide bonds. The van der Waals surface area contributed by atoms with Gasteiger partial charge in [-0.05, 0) is 77.2 Å². The van der Waals surface area contributed by atoms with Crippen molar-refractivity contribution >= 4 is 52.7 Å². The van der Waals surface area contributed by atoms with Crippen molar-refractivity contribution in [2.45, 2.75) is 81.4 Å². The van der Waals surface area contributed by atoms with E-state index in [1.165, 1.54) is 12.0 Å². The van der Waals surface area contributed by atoms with Crippen LogP contribution in [0.3, 0.4) is 0 Å². The fourth-order valence-electron chi connectivity index (χ4n) is 7.64. The van der Waals surface area contributed by atoms with Crippen LogP contribution in [0.15, 0.2) is 47.8 Å². The number of halogens is 2. The van der Waals surface area contributed by atoms with Crippen molar-refractivity contribution in [2.24, 2.45) is 17.0 Å². The van der Waals surface area contributed by atoms with E-state index in [4.69, 9.17) is 32.8 Å². The average molecular weight is 816 g/mol. The number of rotatable bonds is 12. The van der Waals surface area contributed by atoms with Gasteiger partial charge in [0.1, 0.15) is 12.1 Å². The average Bonchev–Trinajstić information content (AvgIpc) is 3.16. The van der Waals surface area contributed by atoms with E-state index < -0.39 is 41.3 Å². The largest absolute Gasteiger partial charge is 0.382 e. The number of aromatic nitrogens is 1. The Balaban J connectivity index is 1.54. The van der Waals surface area contributed by atoms with Crippen LogP contribution in [-0.2, 0) is 36.9 Å². The summed E-state index contributed by atoms with van der Waals surface area (Å²) in [6.07, 6.45) is 5.40. The van der Waals surface area contributed by atoms with Crippen LogP contribution >= 0.6 is 23.2 Å². The Morgan fingerprint density at radius 2 is 1.88 bits per heavy atom. The molecule has 56 heavy (non-hydrogen) atoms. The van der Waals surface area contributed by atoms with E-state index in [-0.39, 0.29) is 49.7 Å². The third kappa shape index (κ3) is 11.1. The molecule has 1 aliphatic carbocycles. The second kappa shape index (κ2) is 19.4. The summed E-state index contributed by atoms with van der Waals surface area (Å²) in [4.78, 5) is 75.2. The highest BCUT2D eigenvalue weighted by Gasteiger charge is 2.46. The smallest absolute Gasteiger partial charge is 0.245 e. The van der Waals surface area contributed by atoms with Crippen LogP contribution in [0, 0.1) is 11.8 Å². The van der Waals surface area contributed by atoms with Gasteiger partial charge < -0.3 is 39.8 Å². The molecule has 2 bridgehead atoms. The van der Waals surface area contributed by atoms with E-state index in [1.807, 2.05) is 50.1 Å². The van der Waals surface area contributed by atoms with Crippen LogP contribution in [0.4, 0.5) is 0 Å². The SMILES string of the molecule is COC[C@@H]1NC(=O)[C@H](C)N(Cc2ccc(Cl)cc2O/N=C(/CN(C)C)N(C)C)C(=O)C[C@@H](Cc2ccccn2)C(=O)N2CCC[C@@](C[C@H]3CCC3Cl)(C2)NC1=O. The van der Waals surface area contributed by atoms with Crippen LogP contribution in [-0.4, -0.2) is 139 Å². The number of oxime groups is 1. The predicted molar refractivity (Wildman–Crippen MR) is 215 cm³/mol. The minimum Gasteiger partial charge on any atom is -0.382 e. The van der Waals surface area contributed by atoms with Gasteiger partial charge in [0.15, 0.2) is 11.6 Å². The normalized spacial score (nSPS) is 26.7. The van der Waals surface area contributed by atoms with Gasteiger partial charge in [-0.2, -0.15) is 0 Å². The molecule has 1 saturated carbocycles. The van der Waals surface area contributed by atoms with Gasteiger partial charge in [0.05, 0.1) is 31.2 Å². The van der Waals surface area contributed by atoms with Gasteiger partial charge in [0, 0.05) is 81.1 Å². The van der Waals surface area contributed by atoms with Crippen molar-refractivity contribution in [1.29, 1.82) is 0 Å². The van der Waals surface area contributed by atoms with Gasteiger partial charge in [-0.3, -0.25) is 24.2 Å². The van der Waals surface area contributed by atoms with Gasteiger partial charge in [-0.1, -0.05) is 28.9 Å². The lowest BCUT2D eigenvalue weighted by Crippen LogP contribution is -2.65. The molecule has 0 spiro atoms. The minimum absolute atomic E-state index is 0.0114. The first-order chi connectivity index (χ1) is 26.7. The number of amidine groups is 1. The maximum absolute atomic E-state index is 14.7. The summed E-state index contributed by atoms with van der Waals surface area (Å²) in [5.41, 5.74) is 0.424. The standard InChI is InChI=1S/C40H56Cl2N8O6/c1-26-37(52)44-33(24-55-6)38(53)45-40(21-27-12-14-32(27)42)15-9-17-49(25-40)39(54)29(18-31-10-7-8-16-43-31)19-36(51)50(26)22-28-11-13-30(41)20-34(28)56-46-35(48(4)5)23-47(2)3/h7-8,10-11,13,16,20,26-27,29,32-33H,9,12,14-15,17-19,21-25H2,1-6H3,(H,44,52)(H,45,53)/b46-35-/t26-,27+,29+,32?,33-,40+/m0/s1. The molecule has 5 rings (SSSR count). The Kier molecular flexibility index (Phi) is 15.0. The molecule has 14 nitrogen and oxygen atoms in total. The highest BCUT2D eigenvalue weighted by molar-refractivity contribution is 6.30. The van der Waals surface area contributed by atoms with E-state index in [0.717, 1.165) is 12.8 Å². The lowest BCUT2D eigenvalue weighted by Gasteiger charge is -2.48. The van der Waals surface area contributed by atoms with Gasteiger partial charge >= 0.3 is 0 Å². The van der Waals surface area contributed by atoms with Crippen LogP contribution in [0.2, 0.25) is 5.02 Å². The maximum Gasteiger partial charge on any atom is 0.245 e. The number of hydrogen-bond acceptors (Lipinski definition) is 9. The first-order valence-corrected chi connectivity index (χ1v) is 20.1. The monoisotopic (exact) mass is 814 g/mol. The van der Waals surface area contributed by atoms with Gasteiger partial charge in [0.25, 0.3) is 0 Å². The molecule has 2 aliphatic heterocycles. The Morgan fingerprint density at radius 3 is 2.52 bits per heavy atom. The Bertz CT molecular complexity index is 1730. The molecule has 2 N–H and O–H groups in total. The number of alkyl halides is 1. The molecule has 0 radical (unpaired) electrons. The molecule has 306 valence electrons. The van der Waals surface area contributed by atoms with Gasteiger partial charge in [-0.25, -0.2) is 0 Å². The molecule has 2 saturated heterocycles. The lowest BCUT2D eigenvalue weighted by molar-refractivity contribution is -0.148. The van der Waals surface area contributed by atoms with Crippen LogP contribution < -0.4 is 15.5 Å². The molecular formula is C40H56Cl2N8O6. The number of nitrogens with one attached hydrogen (secondary N) is 2. The molecular weight excluding hydrogens is 759 g/mol. The zero-order valence-corrected chi connectivity index (χ0v) is 34.8. The third-order valence-electron chi connectivity index (χ3n) is 10.9. The Labute approximate surface area is 340 Å². The summed E-state index contributed by atoms with van der Waals surface area (Å²) in [6, 6.07) is 8.33. The number of carbonyl (C=O) groups is 4. The zero-order valence-electron chi connectivity index (χ0n) is 33.3. The van der Waals surface area contributed by atoms with Crippen molar-refractivity contribution < 1.29 is 28.8 Å². The third-order valence-corrected chi connectivity index (χ3v) is 11.7. The van der Waals surface area contributed by atoms with Crippen molar-refractivity contribution in [3.05, 3.63) is 58.9 Å². The number of pyridine rings is 1. The van der Waals surface area contributed by atoms with E-state index in [9.17, 15) is 19.2 Å². The van der Waals surface area contributed by atoms with Crippen LogP contribution in [0.25, 0.3) is 0 Å². The zero-order chi connectivity index (χ0) is 40.6. The minimum atomic E-state index is -1.08. The number of benzene rings is 1. The first kappa shape index (κ1) is 43.1. The van der Waals surface area contributed by atoms with E-state index in [1.54, 1.807) is 42.3 Å². The summed E-state index contributed by atoms with van der Waals surface area (Å²) in [7, 11) is 9.01. The van der Waals surface area contributed by atoms with Crippen molar-refractivity contribution in [1.82, 2.24) is 35.2 Å². The quantitative estimate of drug-likeness (QED) is 0.142. The van der Waals surface area contributed by atoms with Gasteiger partial charge in [0.2, 0.25) is 23.6 Å². The predicted octanol–water partition coefficient (Wildman–Crippen LogP) is 3.55. The molecule has 6 atom stereocenters. The Hall–Kier alpha value is -3.98. The number of nitrogens with zero attached hydrogens (tertiary/aromatic N) is 6. The molecule has 3 aliphatic rings. The molecule has 1 aromatic heterocycles. The number of piperidine rings is 1. The number of ether oxygens (including phenoxy) is 1. The highest BCUT2D eigenvalue weighted by Crippen LogP contribution is 2.41. The highest BCUT2D eigenvalue weighted by atomic mass is 35.5. The number of amides is 4. The van der Waals surface area contributed by atoms with Crippen LogP contribution in [0.1, 0.15) is 56.7 Å². The first-order valence-electron chi connectivity index (χ1n) is 19.3. The molecule has 3 heterocycles. The summed E-state index contributed by atoms with van der Waals surface area (Å²) in [5.74, 6) is -1.31. The van der Waals surface area contributed by atoms with Crippen LogP contribution in [0.5, 0.6) is 5.75 Å². The fourth-order valence-corrected chi connectivity index (χ4v) is 8.14. The number of carbonyl (C=O) groups excluding carboxylic acids is 4. The molecule has 3 fully saturated rings. The number of likely N-dealkylation sites (N-methyl/N-ethyl adjacent to an activating group) is 2. The molecule has 16 heteroatoms. The molecule has 1 unspecified atom stereocenters. The lowest BCUT2D eigenvalue weighted by atomic mass is 9.72. The van der Waals surface area contributed by atoms with E-state index in [2.05, 4.69) is 20.8 Å². The summed E-state index contributed by atoms with van der Waals surface area (Å²) in [6.45, 7) is 2.65. The number of methoxy groups -OCH3 is 1. The van der Waals surface area contributed by atoms with Crippen molar-refractivity contribution in [2.75, 3.05) is 61.5 Å². The maximum atomic E-state index is 14.7. The topological polar surface area (TPSA) is 149 Å². The summed E-state index contributed by atoms with van der Waals surface area (Å²) in [5, 5.41) is 10.9. The number of fused-ring (bicyclic) bond motifs is 2. The van der Waals surface area contributed by atoms with Crippen molar-refractivity contribution in [3.8, 4) is 5.75 Å². The second-order valence-corrected chi connectivity index (χ2v) is 16.8. The van der Waals surface area contributed by atoms with Crippen molar-refractivity contribution in [3.63, 3.8) is 0 Å². The Morgan fingerprint density at radius 1 is 1.09 bits per heavy atom.